The Morgan fingerprint density at radius 3 is 2.92 bits per heavy atom. The van der Waals surface area contributed by atoms with Crippen LogP contribution in [0.15, 0.2) is 34.0 Å². The fraction of sp³-hybridized carbons (Fsp3) is 0.412. The highest BCUT2D eigenvalue weighted by Crippen LogP contribution is 2.18. The van der Waals surface area contributed by atoms with Gasteiger partial charge in [0, 0.05) is 17.0 Å². The molecule has 8 heteroatoms. The molecule has 1 fully saturated rings. The number of hydrogen-bond acceptors (Lipinski definition) is 5. The summed E-state index contributed by atoms with van der Waals surface area (Å²) in [5, 5.41) is 3.99. The third-order valence-corrected chi connectivity index (χ3v) is 6.26. The molecule has 0 saturated carbocycles. The maximum Gasteiger partial charge on any atom is 0.244 e. The van der Waals surface area contributed by atoms with Crippen LogP contribution in [-0.4, -0.2) is 36.6 Å². The quantitative estimate of drug-likeness (QED) is 0.645. The van der Waals surface area contributed by atoms with Gasteiger partial charge in [-0.05, 0) is 38.5 Å². The van der Waals surface area contributed by atoms with Gasteiger partial charge in [0.2, 0.25) is 5.91 Å². The Bertz CT molecular complexity index is 895. The zero-order chi connectivity index (χ0) is 18.0. The lowest BCUT2D eigenvalue weighted by atomic mass is 10.1. The molecule has 25 heavy (non-hydrogen) atoms. The Labute approximate surface area is 146 Å². The summed E-state index contributed by atoms with van der Waals surface area (Å²) in [5.41, 5.74) is 5.41. The van der Waals surface area contributed by atoms with Crippen LogP contribution in [0.5, 0.6) is 0 Å². The Kier molecular flexibility index (Phi) is 4.80. The van der Waals surface area contributed by atoms with Crippen molar-refractivity contribution in [2.24, 2.45) is 11.0 Å². The summed E-state index contributed by atoms with van der Waals surface area (Å²) >= 11 is 0. The van der Waals surface area contributed by atoms with E-state index in [1.807, 2.05) is 32.0 Å². The van der Waals surface area contributed by atoms with Gasteiger partial charge in [-0.25, -0.2) is 13.8 Å². The summed E-state index contributed by atoms with van der Waals surface area (Å²) in [6, 6.07) is 5.75. The number of rotatable bonds is 5. The molecule has 0 unspecified atom stereocenters. The first-order valence-corrected chi connectivity index (χ1v) is 9.90. The summed E-state index contributed by atoms with van der Waals surface area (Å²) in [5.74, 6) is -0.00865. The number of nitrogens with zero attached hydrogens (tertiary/aromatic N) is 2. The van der Waals surface area contributed by atoms with E-state index in [1.54, 1.807) is 12.5 Å². The van der Waals surface area contributed by atoms with Gasteiger partial charge in [-0.15, -0.1) is 0 Å². The van der Waals surface area contributed by atoms with Crippen LogP contribution in [0.25, 0.3) is 0 Å². The molecule has 0 bridgehead atoms. The minimum absolute atomic E-state index is 0.0722. The Morgan fingerprint density at radius 2 is 2.28 bits per heavy atom. The number of aryl methyl sites for hydroxylation is 1. The van der Waals surface area contributed by atoms with Crippen LogP contribution in [0.1, 0.15) is 29.1 Å². The number of carbonyl (C=O) groups is 1. The zero-order valence-electron chi connectivity index (χ0n) is 14.2. The fourth-order valence-electron chi connectivity index (χ4n) is 3.02. The van der Waals surface area contributed by atoms with Crippen molar-refractivity contribution in [1.29, 1.82) is 0 Å². The summed E-state index contributed by atoms with van der Waals surface area (Å²) in [6.45, 7) is 4.60. The minimum Gasteiger partial charge on any atom is -0.467 e. The lowest BCUT2D eigenvalue weighted by Crippen LogP contribution is -2.27. The van der Waals surface area contributed by atoms with E-state index in [0.29, 0.717) is 13.0 Å². The maximum absolute atomic E-state index is 12.0. The van der Waals surface area contributed by atoms with Crippen LogP contribution in [0.3, 0.4) is 0 Å². The van der Waals surface area contributed by atoms with Crippen molar-refractivity contribution in [2.75, 3.05) is 11.5 Å². The second-order valence-corrected chi connectivity index (χ2v) is 8.55. The molecule has 1 aliphatic rings. The maximum atomic E-state index is 12.0. The van der Waals surface area contributed by atoms with Crippen LogP contribution >= 0.6 is 0 Å². The van der Waals surface area contributed by atoms with E-state index < -0.39 is 15.8 Å². The monoisotopic (exact) mass is 363 g/mol. The Balaban J connectivity index is 1.65. The number of furan rings is 1. The van der Waals surface area contributed by atoms with Gasteiger partial charge in [0.25, 0.3) is 0 Å². The normalized spacial score (nSPS) is 19.5. The molecule has 0 spiro atoms. The minimum atomic E-state index is -3.08. The number of carbonyl (C=O) groups excluding carboxylic acids is 1. The molecule has 1 saturated heterocycles. The third kappa shape index (κ3) is 4.01. The number of sulfone groups is 1. The van der Waals surface area contributed by atoms with Crippen molar-refractivity contribution >= 4 is 22.0 Å². The van der Waals surface area contributed by atoms with E-state index in [1.165, 1.54) is 0 Å². The van der Waals surface area contributed by atoms with Gasteiger partial charge in [0.15, 0.2) is 9.84 Å². The lowest BCUT2D eigenvalue weighted by Gasteiger charge is -2.07. The van der Waals surface area contributed by atoms with Crippen LogP contribution in [0.4, 0.5) is 0 Å². The zero-order valence-corrected chi connectivity index (χ0v) is 15.0. The molecule has 1 atom stereocenters. The number of aromatic nitrogens is 1. The largest absolute Gasteiger partial charge is 0.467 e. The molecule has 0 aromatic carbocycles. The number of amides is 1. The molecule has 1 aliphatic heterocycles. The number of hydrazone groups is 1. The SMILES string of the molecule is Cc1cc(/C=N\NC(=O)[C@@H]2CCS(=O)(=O)C2)c(C)n1Cc1ccco1. The molecule has 3 heterocycles. The van der Waals surface area contributed by atoms with Gasteiger partial charge in [0.1, 0.15) is 5.76 Å². The van der Waals surface area contributed by atoms with Crippen LogP contribution < -0.4 is 5.43 Å². The summed E-state index contributed by atoms with van der Waals surface area (Å²) in [7, 11) is -3.08. The summed E-state index contributed by atoms with van der Waals surface area (Å²) in [4.78, 5) is 12.0. The van der Waals surface area contributed by atoms with Crippen molar-refractivity contribution in [2.45, 2.75) is 26.8 Å². The first-order valence-electron chi connectivity index (χ1n) is 8.08. The molecule has 3 rings (SSSR count). The van der Waals surface area contributed by atoms with E-state index in [0.717, 1.165) is 22.7 Å². The van der Waals surface area contributed by atoms with Gasteiger partial charge in [-0.1, -0.05) is 0 Å². The topological polar surface area (TPSA) is 93.7 Å². The van der Waals surface area contributed by atoms with Crippen molar-refractivity contribution in [3.05, 3.63) is 47.2 Å². The number of hydrogen-bond donors (Lipinski definition) is 1. The second kappa shape index (κ2) is 6.87. The van der Waals surface area contributed by atoms with Gasteiger partial charge < -0.3 is 8.98 Å². The molecule has 0 radical (unpaired) electrons. The number of nitrogens with one attached hydrogen (secondary N) is 1. The smallest absolute Gasteiger partial charge is 0.244 e. The van der Waals surface area contributed by atoms with E-state index >= 15 is 0 Å². The van der Waals surface area contributed by atoms with Crippen molar-refractivity contribution in [3.8, 4) is 0 Å². The van der Waals surface area contributed by atoms with E-state index in [-0.39, 0.29) is 17.4 Å². The fourth-order valence-corrected chi connectivity index (χ4v) is 4.76. The van der Waals surface area contributed by atoms with Gasteiger partial charge in [-0.3, -0.25) is 4.79 Å². The van der Waals surface area contributed by atoms with E-state index in [9.17, 15) is 13.2 Å². The predicted molar refractivity (Wildman–Crippen MR) is 94.2 cm³/mol. The highest BCUT2D eigenvalue weighted by molar-refractivity contribution is 7.91. The molecule has 1 amide bonds. The highest BCUT2D eigenvalue weighted by atomic mass is 32.2. The molecule has 2 aromatic heterocycles. The molecule has 134 valence electrons. The molecule has 1 N–H and O–H groups in total. The molecular formula is C17H21N3O4S. The summed E-state index contributed by atoms with van der Waals surface area (Å²) < 4.78 is 30.3. The average molecular weight is 363 g/mol. The van der Waals surface area contributed by atoms with E-state index in [4.69, 9.17) is 4.42 Å². The Morgan fingerprint density at radius 1 is 1.48 bits per heavy atom. The first kappa shape index (κ1) is 17.5. The van der Waals surface area contributed by atoms with Gasteiger partial charge >= 0.3 is 0 Å². The van der Waals surface area contributed by atoms with Crippen LogP contribution in [0, 0.1) is 19.8 Å². The molecule has 7 nitrogen and oxygen atoms in total. The predicted octanol–water partition coefficient (Wildman–Crippen LogP) is 1.63. The molecule has 2 aromatic rings. The van der Waals surface area contributed by atoms with Crippen molar-refractivity contribution < 1.29 is 17.6 Å². The second-order valence-electron chi connectivity index (χ2n) is 6.33. The van der Waals surface area contributed by atoms with Crippen molar-refractivity contribution in [1.82, 2.24) is 9.99 Å². The molecule has 0 aliphatic carbocycles. The van der Waals surface area contributed by atoms with Gasteiger partial charge in [0.05, 0.1) is 36.4 Å². The van der Waals surface area contributed by atoms with Gasteiger partial charge in [-0.2, -0.15) is 5.10 Å². The third-order valence-electron chi connectivity index (χ3n) is 4.49. The summed E-state index contributed by atoms with van der Waals surface area (Å²) in [6.07, 6.45) is 3.59. The lowest BCUT2D eigenvalue weighted by molar-refractivity contribution is -0.124. The highest BCUT2D eigenvalue weighted by Gasteiger charge is 2.32. The van der Waals surface area contributed by atoms with Crippen LogP contribution in [0.2, 0.25) is 0 Å². The van der Waals surface area contributed by atoms with Crippen LogP contribution in [-0.2, 0) is 21.2 Å². The standard InChI is InChI=1S/C17H21N3O4S/c1-12-8-15(13(2)20(12)10-16-4-3-6-24-16)9-18-19-17(21)14-5-7-25(22,23)11-14/h3-4,6,8-9,14H,5,7,10-11H2,1-2H3,(H,19,21)/b18-9-/t14-/m1/s1. The van der Waals surface area contributed by atoms with E-state index in [2.05, 4.69) is 15.1 Å². The first-order chi connectivity index (χ1) is 11.9. The molecular weight excluding hydrogens is 342 g/mol. The Hall–Kier alpha value is -2.35. The van der Waals surface area contributed by atoms with Crippen molar-refractivity contribution in [3.63, 3.8) is 0 Å². The average Bonchev–Trinajstić information content (AvgIpc) is 3.24.